The molecule has 2 unspecified atom stereocenters. The van der Waals surface area contributed by atoms with Crippen molar-refractivity contribution in [3.63, 3.8) is 0 Å². The highest BCUT2D eigenvalue weighted by Gasteiger charge is 2.41. The average molecular weight is 287 g/mol. The van der Waals surface area contributed by atoms with Crippen molar-refractivity contribution < 1.29 is 19.4 Å². The van der Waals surface area contributed by atoms with Gasteiger partial charge in [-0.1, -0.05) is 12.1 Å². The molecule has 1 aromatic rings. The Bertz CT molecular complexity index is 645. The highest BCUT2D eigenvalue weighted by Crippen LogP contribution is 2.34. The quantitative estimate of drug-likeness (QED) is 0.899. The first-order valence-electron chi connectivity index (χ1n) is 6.14. The first kappa shape index (κ1) is 14.5. The van der Waals surface area contributed by atoms with Crippen LogP contribution in [0.2, 0.25) is 0 Å². The Labute approximate surface area is 121 Å². The van der Waals surface area contributed by atoms with Crippen molar-refractivity contribution in [3.05, 3.63) is 29.8 Å². The second-order valence-electron chi connectivity index (χ2n) is 4.51. The third kappa shape index (κ3) is 2.56. The molecule has 0 aliphatic carbocycles. The Kier molecular flexibility index (Phi) is 3.89. The molecule has 21 heavy (non-hydrogen) atoms. The van der Waals surface area contributed by atoms with Crippen LogP contribution in [0, 0.1) is 17.2 Å². The Morgan fingerprint density at radius 1 is 1.43 bits per heavy atom. The number of benzene rings is 1. The minimum Gasteiger partial charge on any atom is -0.497 e. The van der Waals surface area contributed by atoms with E-state index in [9.17, 15) is 20.0 Å². The first-order valence-corrected chi connectivity index (χ1v) is 6.14. The molecule has 0 spiro atoms. The third-order valence-electron chi connectivity index (χ3n) is 3.32. The minimum atomic E-state index is -1.43. The second kappa shape index (κ2) is 5.63. The molecule has 3 amide bonds. The van der Waals surface area contributed by atoms with E-state index >= 15 is 0 Å². The van der Waals surface area contributed by atoms with Crippen molar-refractivity contribution in [1.82, 2.24) is 4.90 Å². The predicted octanol–water partition coefficient (Wildman–Crippen LogP) is 2.45. The van der Waals surface area contributed by atoms with E-state index < -0.39 is 24.1 Å². The van der Waals surface area contributed by atoms with E-state index in [4.69, 9.17) is 4.74 Å². The molecule has 108 valence electrons. The summed E-state index contributed by atoms with van der Waals surface area (Å²) in [6, 6.07) is 6.79. The number of carbonyl (C=O) groups excluding carboxylic acids is 1. The zero-order valence-electron chi connectivity index (χ0n) is 11.5. The number of ether oxygens (including phenoxy) is 1. The number of nitrogens with zero attached hydrogens (tertiary/aromatic N) is 3. The lowest BCUT2D eigenvalue weighted by molar-refractivity contribution is 0.129. The van der Waals surface area contributed by atoms with Crippen LogP contribution in [0.5, 0.6) is 5.75 Å². The Morgan fingerprint density at radius 3 is 2.52 bits per heavy atom. The molecule has 2 atom stereocenters. The Balaban J connectivity index is 2.53. The number of nitriles is 1. The fraction of sp³-hybridized carbons (Fsp3) is 0.286. The summed E-state index contributed by atoms with van der Waals surface area (Å²) in [5, 5.41) is 18.5. The molecule has 7 nitrogen and oxygen atoms in total. The van der Waals surface area contributed by atoms with Gasteiger partial charge in [0, 0.05) is 5.71 Å². The number of rotatable bonds is 2. The van der Waals surface area contributed by atoms with Gasteiger partial charge < -0.3 is 9.84 Å². The topological polar surface area (TPSA) is 103 Å². The van der Waals surface area contributed by atoms with Gasteiger partial charge in [-0.25, -0.2) is 19.5 Å². The van der Waals surface area contributed by atoms with E-state index in [0.29, 0.717) is 21.9 Å². The number of imide groups is 1. The van der Waals surface area contributed by atoms with E-state index in [2.05, 4.69) is 4.99 Å². The summed E-state index contributed by atoms with van der Waals surface area (Å²) in [5.74, 6) is -0.214. The standard InChI is InChI=1S/C14H13N3O4/c1-8-11(7-15)12(17(14(19)20)13(18)16-8)9-3-5-10(21-2)6-4-9/h3-6,11-12H,1-2H3,(H,19,20). The molecular weight excluding hydrogens is 274 g/mol. The molecule has 0 bridgehead atoms. The number of aliphatic imine (C=N–C) groups is 1. The summed E-state index contributed by atoms with van der Waals surface area (Å²) in [5.41, 5.74) is 0.841. The van der Waals surface area contributed by atoms with Crippen LogP contribution < -0.4 is 4.74 Å². The van der Waals surface area contributed by atoms with Crippen LogP contribution in [0.25, 0.3) is 0 Å². The zero-order chi connectivity index (χ0) is 15.6. The van der Waals surface area contributed by atoms with Crippen LogP contribution in [0.4, 0.5) is 9.59 Å². The summed E-state index contributed by atoms with van der Waals surface area (Å²) in [4.78, 5) is 27.4. The normalized spacial score (nSPS) is 21.5. The molecule has 1 aromatic carbocycles. The molecule has 1 heterocycles. The molecule has 0 radical (unpaired) electrons. The maximum Gasteiger partial charge on any atom is 0.416 e. The fourth-order valence-corrected chi connectivity index (χ4v) is 2.28. The van der Waals surface area contributed by atoms with E-state index in [0.717, 1.165) is 0 Å². The molecular formula is C14H13N3O4. The SMILES string of the molecule is COc1ccc(C2C(C#N)C(C)=NC(=O)N2C(=O)O)cc1. The molecule has 1 aliphatic rings. The van der Waals surface area contributed by atoms with Gasteiger partial charge in [0.05, 0.1) is 19.2 Å². The minimum absolute atomic E-state index is 0.306. The lowest BCUT2D eigenvalue weighted by atomic mass is 9.88. The number of methoxy groups -OCH3 is 1. The maximum atomic E-state index is 11.8. The number of amides is 3. The van der Waals surface area contributed by atoms with Gasteiger partial charge in [-0.3, -0.25) is 0 Å². The Morgan fingerprint density at radius 2 is 2.05 bits per heavy atom. The van der Waals surface area contributed by atoms with Crippen molar-refractivity contribution in [3.8, 4) is 11.8 Å². The van der Waals surface area contributed by atoms with Gasteiger partial charge in [-0.2, -0.15) is 5.26 Å². The zero-order valence-corrected chi connectivity index (χ0v) is 11.5. The summed E-state index contributed by atoms with van der Waals surface area (Å²) in [7, 11) is 1.51. The van der Waals surface area contributed by atoms with Crippen LogP contribution in [-0.4, -0.2) is 35.0 Å². The third-order valence-corrected chi connectivity index (χ3v) is 3.32. The van der Waals surface area contributed by atoms with Crippen molar-refractivity contribution in [1.29, 1.82) is 5.26 Å². The van der Waals surface area contributed by atoms with Gasteiger partial charge in [-0.15, -0.1) is 0 Å². The molecule has 0 fully saturated rings. The lowest BCUT2D eigenvalue weighted by Gasteiger charge is -2.33. The lowest BCUT2D eigenvalue weighted by Crippen LogP contribution is -2.46. The highest BCUT2D eigenvalue weighted by molar-refractivity contribution is 6.04. The second-order valence-corrected chi connectivity index (χ2v) is 4.51. The van der Waals surface area contributed by atoms with Gasteiger partial charge >= 0.3 is 12.1 Å². The van der Waals surface area contributed by atoms with Gasteiger partial charge in [-0.05, 0) is 24.6 Å². The van der Waals surface area contributed by atoms with Crippen LogP contribution in [-0.2, 0) is 0 Å². The molecule has 0 saturated carbocycles. The van der Waals surface area contributed by atoms with Gasteiger partial charge in [0.2, 0.25) is 0 Å². The molecule has 0 aromatic heterocycles. The number of hydrogen-bond donors (Lipinski definition) is 1. The fourth-order valence-electron chi connectivity index (χ4n) is 2.28. The number of urea groups is 1. The van der Waals surface area contributed by atoms with Crippen LogP contribution in [0.3, 0.4) is 0 Å². The highest BCUT2D eigenvalue weighted by atomic mass is 16.5. The van der Waals surface area contributed by atoms with Crippen molar-refractivity contribution in [2.75, 3.05) is 7.11 Å². The number of hydrogen-bond acceptors (Lipinski definition) is 4. The largest absolute Gasteiger partial charge is 0.497 e. The summed E-state index contributed by atoms with van der Waals surface area (Å²) >= 11 is 0. The van der Waals surface area contributed by atoms with Gasteiger partial charge in [0.15, 0.2) is 0 Å². The van der Waals surface area contributed by atoms with E-state index in [-0.39, 0.29) is 0 Å². The van der Waals surface area contributed by atoms with Crippen molar-refractivity contribution in [2.24, 2.45) is 10.9 Å². The molecule has 2 rings (SSSR count). The van der Waals surface area contributed by atoms with Crippen LogP contribution in [0.1, 0.15) is 18.5 Å². The van der Waals surface area contributed by atoms with E-state index in [1.54, 1.807) is 31.2 Å². The summed E-state index contributed by atoms with van der Waals surface area (Å²) in [6.07, 6.45) is -1.43. The molecule has 1 N–H and O–H groups in total. The van der Waals surface area contributed by atoms with Crippen LogP contribution in [0.15, 0.2) is 29.3 Å². The molecule has 1 aliphatic heterocycles. The van der Waals surface area contributed by atoms with E-state index in [1.165, 1.54) is 7.11 Å². The Hall–Kier alpha value is -2.88. The molecule has 7 heteroatoms. The van der Waals surface area contributed by atoms with Crippen molar-refractivity contribution in [2.45, 2.75) is 13.0 Å². The van der Waals surface area contributed by atoms with Gasteiger partial charge in [0.25, 0.3) is 0 Å². The average Bonchev–Trinajstić information content (AvgIpc) is 2.46. The maximum absolute atomic E-state index is 11.8. The molecule has 0 saturated heterocycles. The first-order chi connectivity index (χ1) is 9.99. The summed E-state index contributed by atoms with van der Waals surface area (Å²) < 4.78 is 5.04. The monoisotopic (exact) mass is 287 g/mol. The predicted molar refractivity (Wildman–Crippen MR) is 73.2 cm³/mol. The van der Waals surface area contributed by atoms with Gasteiger partial charge in [0.1, 0.15) is 11.7 Å². The van der Waals surface area contributed by atoms with E-state index in [1.807, 2.05) is 6.07 Å². The van der Waals surface area contributed by atoms with Crippen molar-refractivity contribution >= 4 is 17.8 Å². The smallest absolute Gasteiger partial charge is 0.416 e. The number of carbonyl (C=O) groups is 2. The number of carboxylic acid groups (broad SMARTS) is 1. The van der Waals surface area contributed by atoms with Crippen LogP contribution >= 0.6 is 0 Å². The summed E-state index contributed by atoms with van der Waals surface area (Å²) in [6.45, 7) is 1.54.